The summed E-state index contributed by atoms with van der Waals surface area (Å²) >= 11 is 1.40. The molecule has 0 radical (unpaired) electrons. The fourth-order valence-electron chi connectivity index (χ4n) is 4.60. The number of benzene rings is 2. The number of carbonyl (C=O) groups is 1. The molecule has 0 saturated carbocycles. The van der Waals surface area contributed by atoms with Crippen LogP contribution < -0.4 is 5.32 Å². The van der Waals surface area contributed by atoms with Crippen LogP contribution in [0.3, 0.4) is 0 Å². The van der Waals surface area contributed by atoms with E-state index in [2.05, 4.69) is 20.9 Å². The smallest absolute Gasteiger partial charge is 0.233 e. The third-order valence-electron chi connectivity index (χ3n) is 6.53. The van der Waals surface area contributed by atoms with Crippen molar-refractivity contribution in [3.63, 3.8) is 0 Å². The molecule has 192 valence electrons. The molecule has 0 spiro atoms. The van der Waals surface area contributed by atoms with Gasteiger partial charge in [0.15, 0.2) is 16.6 Å². The molecule has 9 nitrogen and oxygen atoms in total. The summed E-state index contributed by atoms with van der Waals surface area (Å²) in [5.41, 5.74) is 3.65. The minimum atomic E-state index is -0.338. The molecule has 0 unspecified atom stereocenters. The molecule has 6 aromatic rings. The number of fused-ring (bicyclic) bond motifs is 4. The predicted molar refractivity (Wildman–Crippen MR) is 147 cm³/mol. The maximum Gasteiger partial charge on any atom is 0.233 e. The van der Waals surface area contributed by atoms with Gasteiger partial charge in [0, 0.05) is 18.4 Å². The third-order valence-corrected chi connectivity index (χ3v) is 7.83. The second-order valence-corrected chi connectivity index (χ2v) is 10.2. The van der Waals surface area contributed by atoms with Crippen molar-refractivity contribution in [1.82, 2.24) is 34.4 Å². The first kappa shape index (κ1) is 24.2. The SMILES string of the molecule is CC[C@H](Sc1nc2ccccc2c2nc(CCn3c(C)nc4ccccc43)nn12)C(=O)NCc1ccco1. The van der Waals surface area contributed by atoms with Crippen molar-refractivity contribution >= 4 is 45.3 Å². The predicted octanol–water partition coefficient (Wildman–Crippen LogP) is 4.96. The van der Waals surface area contributed by atoms with Gasteiger partial charge < -0.3 is 14.3 Å². The summed E-state index contributed by atoms with van der Waals surface area (Å²) in [5, 5.41) is 9.04. The molecule has 38 heavy (non-hydrogen) atoms. The Bertz CT molecular complexity index is 1740. The van der Waals surface area contributed by atoms with E-state index in [4.69, 9.17) is 19.5 Å². The number of carbonyl (C=O) groups excluding carboxylic acids is 1. The molecule has 1 amide bonds. The van der Waals surface area contributed by atoms with Gasteiger partial charge in [0.25, 0.3) is 0 Å². The van der Waals surface area contributed by atoms with Crippen molar-refractivity contribution < 1.29 is 9.21 Å². The van der Waals surface area contributed by atoms with Gasteiger partial charge in [-0.15, -0.1) is 5.10 Å². The fraction of sp³-hybridized carbons (Fsp3) is 0.250. The van der Waals surface area contributed by atoms with Gasteiger partial charge in [-0.05, 0) is 49.7 Å². The molecule has 0 saturated heterocycles. The van der Waals surface area contributed by atoms with Crippen molar-refractivity contribution in [2.24, 2.45) is 0 Å². The molecule has 0 fully saturated rings. The first-order valence-electron chi connectivity index (χ1n) is 12.6. The molecule has 6 rings (SSSR count). The van der Waals surface area contributed by atoms with Gasteiger partial charge in [0.1, 0.15) is 11.6 Å². The zero-order chi connectivity index (χ0) is 26.1. The van der Waals surface area contributed by atoms with Gasteiger partial charge in [-0.2, -0.15) is 4.52 Å². The van der Waals surface area contributed by atoms with E-state index in [9.17, 15) is 4.79 Å². The second kappa shape index (κ2) is 10.3. The van der Waals surface area contributed by atoms with Gasteiger partial charge in [-0.3, -0.25) is 4.79 Å². The highest BCUT2D eigenvalue weighted by atomic mass is 32.2. The Morgan fingerprint density at radius 3 is 2.66 bits per heavy atom. The maximum atomic E-state index is 13.0. The average molecular weight is 526 g/mol. The Morgan fingerprint density at radius 2 is 1.84 bits per heavy atom. The number of nitrogens with one attached hydrogen (secondary N) is 1. The van der Waals surface area contributed by atoms with Crippen LogP contribution in [0.4, 0.5) is 0 Å². The highest BCUT2D eigenvalue weighted by molar-refractivity contribution is 8.00. The van der Waals surface area contributed by atoms with E-state index in [1.807, 2.05) is 68.4 Å². The first-order valence-corrected chi connectivity index (χ1v) is 13.5. The molecule has 0 bridgehead atoms. The van der Waals surface area contributed by atoms with Crippen LogP contribution in [0.25, 0.3) is 27.6 Å². The summed E-state index contributed by atoms with van der Waals surface area (Å²) in [6.07, 6.45) is 2.88. The van der Waals surface area contributed by atoms with E-state index in [-0.39, 0.29) is 11.2 Å². The molecule has 10 heteroatoms. The van der Waals surface area contributed by atoms with Gasteiger partial charge in [-0.25, -0.2) is 15.0 Å². The Hall–Kier alpha value is -4.18. The standard InChI is InChI=1S/C28H27N7O2S/c1-3-24(27(36)29-17-19-9-8-16-37-19)38-28-31-21-11-5-4-10-20(21)26-32-25(33-35(26)28)14-15-34-18(2)30-22-12-6-7-13-23(22)34/h4-13,16,24H,3,14-15,17H2,1-2H3,(H,29,36)/t24-/m0/s1. The number of imidazole rings is 1. The van der Waals surface area contributed by atoms with Crippen LogP contribution in [0.1, 0.15) is 30.8 Å². The number of aromatic nitrogens is 6. The number of hydrogen-bond donors (Lipinski definition) is 1. The third kappa shape index (κ3) is 4.63. The molecule has 1 N–H and O–H groups in total. The number of para-hydroxylation sites is 3. The van der Waals surface area contributed by atoms with Crippen molar-refractivity contribution in [3.8, 4) is 0 Å². The number of rotatable bonds is 9. The summed E-state index contributed by atoms with van der Waals surface area (Å²) in [5.74, 6) is 2.33. The van der Waals surface area contributed by atoms with Crippen LogP contribution in [0, 0.1) is 6.92 Å². The minimum Gasteiger partial charge on any atom is -0.467 e. The topological polar surface area (TPSA) is 103 Å². The number of furan rings is 1. The highest BCUT2D eigenvalue weighted by Crippen LogP contribution is 2.28. The lowest BCUT2D eigenvalue weighted by Crippen LogP contribution is -2.32. The molecule has 4 heterocycles. The molecule has 2 aromatic carbocycles. The average Bonchev–Trinajstić information content (AvgIpc) is 3.68. The zero-order valence-corrected chi connectivity index (χ0v) is 22.0. The number of aryl methyl sites for hydroxylation is 3. The number of nitrogens with zero attached hydrogens (tertiary/aromatic N) is 6. The second-order valence-electron chi connectivity index (χ2n) is 9.04. The Morgan fingerprint density at radius 1 is 1.03 bits per heavy atom. The number of thioether (sulfide) groups is 1. The van der Waals surface area contributed by atoms with Crippen molar-refractivity contribution in [2.45, 2.75) is 50.2 Å². The quantitative estimate of drug-likeness (QED) is 0.210. The van der Waals surface area contributed by atoms with E-state index in [1.54, 1.807) is 10.8 Å². The van der Waals surface area contributed by atoms with E-state index < -0.39 is 0 Å². The van der Waals surface area contributed by atoms with Crippen molar-refractivity contribution in [3.05, 3.63) is 84.3 Å². The van der Waals surface area contributed by atoms with Crippen LogP contribution in [0.2, 0.25) is 0 Å². The van der Waals surface area contributed by atoms with E-state index in [0.717, 1.165) is 39.2 Å². The van der Waals surface area contributed by atoms with Crippen LogP contribution in [0.5, 0.6) is 0 Å². The van der Waals surface area contributed by atoms with Crippen molar-refractivity contribution in [2.75, 3.05) is 0 Å². The van der Waals surface area contributed by atoms with Crippen LogP contribution in [0.15, 0.2) is 76.5 Å². The summed E-state index contributed by atoms with van der Waals surface area (Å²) in [7, 11) is 0. The summed E-state index contributed by atoms with van der Waals surface area (Å²) in [6.45, 7) is 5.07. The number of amides is 1. The lowest BCUT2D eigenvalue weighted by atomic mass is 10.2. The van der Waals surface area contributed by atoms with E-state index in [1.165, 1.54) is 11.8 Å². The summed E-state index contributed by atoms with van der Waals surface area (Å²) in [6, 6.07) is 19.7. The molecule has 0 aliphatic carbocycles. The molecule has 4 aromatic heterocycles. The largest absolute Gasteiger partial charge is 0.467 e. The Balaban J connectivity index is 1.30. The van der Waals surface area contributed by atoms with Gasteiger partial charge in [0.05, 0.1) is 34.6 Å². The van der Waals surface area contributed by atoms with Gasteiger partial charge >= 0.3 is 0 Å². The summed E-state index contributed by atoms with van der Waals surface area (Å²) < 4.78 is 9.32. The number of hydrogen-bond acceptors (Lipinski definition) is 7. The lowest BCUT2D eigenvalue weighted by molar-refractivity contribution is -0.120. The fourth-order valence-corrected chi connectivity index (χ4v) is 5.59. The van der Waals surface area contributed by atoms with Crippen LogP contribution >= 0.6 is 11.8 Å². The lowest BCUT2D eigenvalue weighted by Gasteiger charge is -2.14. The van der Waals surface area contributed by atoms with Crippen molar-refractivity contribution in [1.29, 1.82) is 0 Å². The highest BCUT2D eigenvalue weighted by Gasteiger charge is 2.22. The summed E-state index contributed by atoms with van der Waals surface area (Å²) in [4.78, 5) is 27.5. The van der Waals surface area contributed by atoms with E-state index in [0.29, 0.717) is 36.8 Å². The first-order chi connectivity index (χ1) is 18.6. The van der Waals surface area contributed by atoms with Crippen LogP contribution in [-0.2, 0) is 24.3 Å². The molecular weight excluding hydrogens is 498 g/mol. The Kier molecular flexibility index (Phi) is 6.55. The van der Waals surface area contributed by atoms with Gasteiger partial charge in [-0.1, -0.05) is 43.0 Å². The molecule has 1 atom stereocenters. The minimum absolute atomic E-state index is 0.0696. The molecular formula is C28H27N7O2S. The monoisotopic (exact) mass is 525 g/mol. The maximum absolute atomic E-state index is 13.0. The van der Waals surface area contributed by atoms with Gasteiger partial charge in [0.2, 0.25) is 5.91 Å². The zero-order valence-electron chi connectivity index (χ0n) is 21.2. The normalized spacial score (nSPS) is 12.5. The van der Waals surface area contributed by atoms with E-state index >= 15 is 0 Å². The van der Waals surface area contributed by atoms with Crippen LogP contribution in [-0.4, -0.2) is 40.3 Å². The molecule has 0 aliphatic heterocycles. The molecule has 0 aliphatic rings. The Labute approximate surface area is 223 Å².